The smallest absolute Gasteiger partial charge is 0.142 e. The summed E-state index contributed by atoms with van der Waals surface area (Å²) in [7, 11) is 3.18. The van der Waals surface area contributed by atoms with Gasteiger partial charge in [-0.2, -0.15) is 5.10 Å². The van der Waals surface area contributed by atoms with E-state index >= 15 is 0 Å². The monoisotopic (exact) mass is 288 g/mol. The van der Waals surface area contributed by atoms with Crippen LogP contribution in [0.4, 0.5) is 0 Å². The van der Waals surface area contributed by atoms with E-state index in [0.717, 1.165) is 16.6 Å². The maximum Gasteiger partial charge on any atom is 0.142 e. The Labute approximate surface area is 120 Å². The highest BCUT2D eigenvalue weighted by atomic mass is 32.1. The second-order valence-electron chi connectivity index (χ2n) is 4.14. The van der Waals surface area contributed by atoms with E-state index in [4.69, 9.17) is 26.1 Å². The number of nitrogens with one attached hydrogen (secondary N) is 1. The molecule has 0 unspecified atom stereocenters. The lowest BCUT2D eigenvalue weighted by Gasteiger charge is -2.09. The Morgan fingerprint density at radius 1 is 1.25 bits per heavy atom. The number of H-pyrrole nitrogens is 1. The van der Waals surface area contributed by atoms with Crippen molar-refractivity contribution in [3.63, 3.8) is 0 Å². The molecule has 102 valence electrons. The van der Waals surface area contributed by atoms with Gasteiger partial charge in [-0.05, 0) is 6.07 Å². The fourth-order valence-corrected chi connectivity index (χ4v) is 2.41. The van der Waals surface area contributed by atoms with Crippen molar-refractivity contribution < 1.29 is 13.9 Å². The van der Waals surface area contributed by atoms with E-state index in [1.54, 1.807) is 38.8 Å². The van der Waals surface area contributed by atoms with E-state index < -0.39 is 0 Å². The first-order valence-electron chi connectivity index (χ1n) is 5.92. The lowest BCUT2D eigenvalue weighted by atomic mass is 10.1. The van der Waals surface area contributed by atoms with Gasteiger partial charge in [0.2, 0.25) is 0 Å². The molecule has 0 aliphatic heterocycles. The summed E-state index contributed by atoms with van der Waals surface area (Å²) in [5.74, 6) is 1.27. The average molecular weight is 288 g/mol. The molecule has 0 spiro atoms. The van der Waals surface area contributed by atoms with Crippen LogP contribution in [-0.4, -0.2) is 24.4 Å². The molecule has 20 heavy (non-hydrogen) atoms. The van der Waals surface area contributed by atoms with Crippen LogP contribution >= 0.6 is 12.2 Å². The minimum absolute atomic E-state index is 0.616. The Hall–Kier alpha value is -2.34. The Morgan fingerprint density at radius 3 is 2.75 bits per heavy atom. The van der Waals surface area contributed by atoms with Crippen molar-refractivity contribution >= 4 is 23.2 Å². The van der Waals surface area contributed by atoms with Gasteiger partial charge < -0.3 is 13.9 Å². The number of aromatic nitrogens is 2. The molecule has 0 fully saturated rings. The molecule has 3 rings (SSSR count). The van der Waals surface area contributed by atoms with Crippen LogP contribution in [0.2, 0.25) is 0 Å². The van der Waals surface area contributed by atoms with E-state index in [0.29, 0.717) is 21.6 Å². The van der Waals surface area contributed by atoms with Gasteiger partial charge >= 0.3 is 0 Å². The fourth-order valence-electron chi connectivity index (χ4n) is 2.06. The van der Waals surface area contributed by atoms with E-state index in [2.05, 4.69) is 10.2 Å². The van der Waals surface area contributed by atoms with Gasteiger partial charge in [0.05, 0.1) is 35.4 Å². The van der Waals surface area contributed by atoms with Gasteiger partial charge in [-0.15, -0.1) is 0 Å². The van der Waals surface area contributed by atoms with Crippen molar-refractivity contribution in [3.8, 4) is 22.8 Å². The molecular formula is C14H12N2O3S. The van der Waals surface area contributed by atoms with Crippen LogP contribution in [0.1, 0.15) is 0 Å². The number of fused-ring (bicyclic) bond motifs is 1. The topological polar surface area (TPSA) is 60.3 Å². The summed E-state index contributed by atoms with van der Waals surface area (Å²) in [5, 5.41) is 7.63. The second-order valence-corrected chi connectivity index (χ2v) is 4.55. The third kappa shape index (κ3) is 1.94. The van der Waals surface area contributed by atoms with Crippen molar-refractivity contribution in [2.75, 3.05) is 14.2 Å². The third-order valence-corrected chi connectivity index (χ3v) is 3.47. The minimum Gasteiger partial charge on any atom is -0.496 e. The molecule has 0 radical (unpaired) electrons. The van der Waals surface area contributed by atoms with Crippen LogP contribution in [0.15, 0.2) is 35.1 Å². The molecule has 6 heteroatoms. The minimum atomic E-state index is 0.616. The highest BCUT2D eigenvalue weighted by molar-refractivity contribution is 7.71. The molecule has 1 N–H and O–H groups in total. The Kier molecular flexibility index (Phi) is 3.15. The molecule has 0 aliphatic carbocycles. The number of benzene rings is 1. The SMILES string of the molecule is COc1cc(OC)c2c(=S)c(-c3cc[nH]n3)coc2c1. The van der Waals surface area contributed by atoms with Crippen molar-refractivity contribution in [1.82, 2.24) is 10.2 Å². The predicted molar refractivity (Wildman–Crippen MR) is 77.7 cm³/mol. The van der Waals surface area contributed by atoms with Gasteiger partial charge in [-0.3, -0.25) is 5.10 Å². The summed E-state index contributed by atoms with van der Waals surface area (Å²) < 4.78 is 16.9. The zero-order chi connectivity index (χ0) is 14.1. The lowest BCUT2D eigenvalue weighted by molar-refractivity contribution is 0.396. The number of methoxy groups -OCH3 is 2. The summed E-state index contributed by atoms with van der Waals surface area (Å²) in [6.07, 6.45) is 3.33. The molecule has 1 aromatic carbocycles. The largest absolute Gasteiger partial charge is 0.496 e. The highest BCUT2D eigenvalue weighted by Crippen LogP contribution is 2.35. The van der Waals surface area contributed by atoms with E-state index in [-0.39, 0.29) is 0 Å². The Balaban J connectivity index is 2.35. The van der Waals surface area contributed by atoms with Crippen molar-refractivity contribution in [1.29, 1.82) is 0 Å². The summed E-state index contributed by atoms with van der Waals surface area (Å²) >= 11 is 5.54. The van der Waals surface area contributed by atoms with Gasteiger partial charge in [-0.25, -0.2) is 0 Å². The summed E-state index contributed by atoms with van der Waals surface area (Å²) in [4.78, 5) is 0. The number of hydrogen-bond acceptors (Lipinski definition) is 5. The Morgan fingerprint density at radius 2 is 2.10 bits per heavy atom. The number of ether oxygens (including phenoxy) is 2. The van der Waals surface area contributed by atoms with Crippen LogP contribution in [0.5, 0.6) is 11.5 Å². The Bertz CT molecular complexity index is 809. The van der Waals surface area contributed by atoms with Gasteiger partial charge in [0.25, 0.3) is 0 Å². The first-order chi connectivity index (χ1) is 9.74. The second kappa shape index (κ2) is 4.97. The van der Waals surface area contributed by atoms with Crippen molar-refractivity contribution in [2.24, 2.45) is 0 Å². The van der Waals surface area contributed by atoms with E-state index in [1.165, 1.54) is 0 Å². The molecule has 0 amide bonds. The molecule has 2 aromatic heterocycles. The first kappa shape index (κ1) is 12.7. The maximum absolute atomic E-state index is 5.65. The molecule has 2 heterocycles. The summed E-state index contributed by atoms with van der Waals surface area (Å²) in [5.41, 5.74) is 2.10. The number of rotatable bonds is 3. The number of nitrogens with zero attached hydrogens (tertiary/aromatic N) is 1. The van der Waals surface area contributed by atoms with Crippen LogP contribution < -0.4 is 9.47 Å². The zero-order valence-corrected chi connectivity index (χ0v) is 11.8. The number of aromatic amines is 1. The maximum atomic E-state index is 5.65. The van der Waals surface area contributed by atoms with Gasteiger partial charge in [0.1, 0.15) is 23.3 Å². The van der Waals surface area contributed by atoms with Crippen LogP contribution in [0.3, 0.4) is 0 Å². The molecule has 3 aromatic rings. The average Bonchev–Trinajstić information content (AvgIpc) is 3.00. The molecule has 0 aliphatic rings. The highest BCUT2D eigenvalue weighted by Gasteiger charge is 2.13. The molecular weight excluding hydrogens is 276 g/mol. The summed E-state index contributed by atoms with van der Waals surface area (Å²) in [6.45, 7) is 0. The quantitative estimate of drug-likeness (QED) is 0.747. The summed E-state index contributed by atoms with van der Waals surface area (Å²) in [6, 6.07) is 5.40. The van der Waals surface area contributed by atoms with Gasteiger partial charge in [0.15, 0.2) is 0 Å². The fraction of sp³-hybridized carbons (Fsp3) is 0.143. The van der Waals surface area contributed by atoms with Crippen molar-refractivity contribution in [2.45, 2.75) is 0 Å². The van der Waals surface area contributed by atoms with Crippen LogP contribution in [-0.2, 0) is 0 Å². The predicted octanol–water partition coefficient (Wildman–Crippen LogP) is 3.57. The van der Waals surface area contributed by atoms with Crippen LogP contribution in [0, 0.1) is 4.51 Å². The van der Waals surface area contributed by atoms with E-state index in [9.17, 15) is 0 Å². The lowest BCUT2D eigenvalue weighted by Crippen LogP contribution is -1.91. The van der Waals surface area contributed by atoms with Crippen LogP contribution in [0.25, 0.3) is 22.2 Å². The van der Waals surface area contributed by atoms with E-state index in [1.807, 2.05) is 6.07 Å². The standard InChI is InChI=1S/C14H12N2O3S/c1-17-8-5-11(18-2)13-12(6-8)19-7-9(14(13)20)10-3-4-15-16-10/h3-7H,1-2H3,(H,15,16). The third-order valence-electron chi connectivity index (χ3n) is 3.05. The molecule has 0 bridgehead atoms. The van der Waals surface area contributed by atoms with Crippen molar-refractivity contribution in [3.05, 3.63) is 35.2 Å². The van der Waals surface area contributed by atoms with Gasteiger partial charge in [-0.1, -0.05) is 12.2 Å². The molecule has 5 nitrogen and oxygen atoms in total. The first-order valence-corrected chi connectivity index (χ1v) is 6.33. The molecule has 0 atom stereocenters. The zero-order valence-electron chi connectivity index (χ0n) is 11.0. The number of hydrogen-bond donors (Lipinski definition) is 1. The molecule has 0 saturated carbocycles. The normalized spacial score (nSPS) is 10.7. The molecule has 0 saturated heterocycles. The van der Waals surface area contributed by atoms with Gasteiger partial charge in [0, 0.05) is 18.3 Å².